The Morgan fingerprint density at radius 3 is 2.52 bits per heavy atom. The predicted molar refractivity (Wildman–Crippen MR) is 121 cm³/mol. The Balaban J connectivity index is 1.53. The first kappa shape index (κ1) is 23.1. The van der Waals surface area contributed by atoms with Gasteiger partial charge in [-0.3, -0.25) is 24.1 Å². The van der Waals surface area contributed by atoms with Gasteiger partial charge in [0.15, 0.2) is 0 Å². The van der Waals surface area contributed by atoms with Crippen LogP contribution in [-0.2, 0) is 19.1 Å². The van der Waals surface area contributed by atoms with Crippen LogP contribution in [0.1, 0.15) is 23.0 Å². The lowest BCUT2D eigenvalue weighted by Crippen LogP contribution is -2.49. The molecule has 2 aliphatic heterocycles. The first-order chi connectivity index (χ1) is 15.9. The van der Waals surface area contributed by atoms with E-state index in [2.05, 4.69) is 4.90 Å². The molecule has 0 aliphatic carbocycles. The number of hydrogen-bond donors (Lipinski definition) is 0. The topological polar surface area (TPSA) is 96.5 Å². The third-order valence-corrected chi connectivity index (χ3v) is 6.47. The van der Waals surface area contributed by atoms with Gasteiger partial charge in [-0.2, -0.15) is 0 Å². The van der Waals surface area contributed by atoms with Gasteiger partial charge in [0.2, 0.25) is 5.91 Å². The van der Waals surface area contributed by atoms with Gasteiger partial charge >= 0.3 is 5.97 Å². The Morgan fingerprint density at radius 1 is 1.15 bits per heavy atom. The van der Waals surface area contributed by atoms with E-state index in [9.17, 15) is 19.2 Å². The summed E-state index contributed by atoms with van der Waals surface area (Å²) in [6.45, 7) is 5.02. The van der Waals surface area contributed by atoms with E-state index in [1.165, 1.54) is 35.3 Å². The van der Waals surface area contributed by atoms with Crippen LogP contribution in [0.4, 0.5) is 5.69 Å². The van der Waals surface area contributed by atoms with Crippen LogP contribution in [0, 0.1) is 0 Å². The lowest BCUT2D eigenvalue weighted by Gasteiger charge is -2.32. The largest absolute Gasteiger partial charge is 0.427 e. The second kappa shape index (κ2) is 10.2. The third-order valence-electron chi connectivity index (χ3n) is 5.61. The van der Waals surface area contributed by atoms with Gasteiger partial charge in [0.25, 0.3) is 11.8 Å². The highest BCUT2D eigenvalue weighted by Crippen LogP contribution is 2.28. The molecule has 9 nitrogen and oxygen atoms in total. The van der Waals surface area contributed by atoms with Gasteiger partial charge in [-0.05, 0) is 35.7 Å². The van der Waals surface area contributed by atoms with Crippen molar-refractivity contribution in [1.29, 1.82) is 0 Å². The molecule has 174 valence electrons. The van der Waals surface area contributed by atoms with Crippen molar-refractivity contribution in [2.75, 3.05) is 44.3 Å². The standard InChI is InChI=1S/C23H25N3O6S/c1-16(27)32-18-6-4-17(5-7-18)26-21(28)15-19(22(26)29)25(23(30)20-3-2-14-33-20)9-8-24-10-12-31-13-11-24/h2-7,14,19H,8-13,15H2,1H3. The Bertz CT molecular complexity index is 1020. The molecule has 0 spiro atoms. The van der Waals surface area contributed by atoms with Crippen LogP contribution in [0.25, 0.3) is 0 Å². The maximum Gasteiger partial charge on any atom is 0.308 e. The molecule has 2 aromatic rings. The van der Waals surface area contributed by atoms with Crippen LogP contribution in [0.15, 0.2) is 41.8 Å². The summed E-state index contributed by atoms with van der Waals surface area (Å²) in [5.74, 6) is -1.20. The molecule has 0 bridgehead atoms. The molecule has 1 aromatic carbocycles. The SMILES string of the molecule is CC(=O)Oc1ccc(N2C(=O)CC(N(CCN3CCOCC3)C(=O)c3cccs3)C2=O)cc1. The normalized spacial score (nSPS) is 19.1. The first-order valence-electron chi connectivity index (χ1n) is 10.7. The fourth-order valence-electron chi connectivity index (χ4n) is 3.97. The van der Waals surface area contributed by atoms with E-state index >= 15 is 0 Å². The lowest BCUT2D eigenvalue weighted by molar-refractivity contribution is -0.132. The van der Waals surface area contributed by atoms with Crippen molar-refractivity contribution >= 4 is 40.7 Å². The fourth-order valence-corrected chi connectivity index (χ4v) is 4.65. The van der Waals surface area contributed by atoms with Crippen LogP contribution < -0.4 is 9.64 Å². The number of ether oxygens (including phenoxy) is 2. The number of carbonyl (C=O) groups is 4. The van der Waals surface area contributed by atoms with Gasteiger partial charge in [-0.25, -0.2) is 4.90 Å². The molecule has 1 unspecified atom stereocenters. The van der Waals surface area contributed by atoms with Crippen molar-refractivity contribution < 1.29 is 28.7 Å². The molecule has 2 saturated heterocycles. The summed E-state index contributed by atoms with van der Waals surface area (Å²) in [5, 5.41) is 1.81. The number of nitrogens with zero attached hydrogens (tertiary/aromatic N) is 3. The monoisotopic (exact) mass is 471 g/mol. The van der Waals surface area contributed by atoms with Crippen molar-refractivity contribution in [2.24, 2.45) is 0 Å². The summed E-state index contributed by atoms with van der Waals surface area (Å²) in [6, 6.07) is 8.79. The van der Waals surface area contributed by atoms with Crippen molar-refractivity contribution in [3.63, 3.8) is 0 Å². The summed E-state index contributed by atoms with van der Waals surface area (Å²) < 4.78 is 10.4. The average Bonchev–Trinajstić information content (AvgIpc) is 3.44. The highest BCUT2D eigenvalue weighted by Gasteiger charge is 2.44. The molecule has 4 rings (SSSR count). The maximum atomic E-state index is 13.3. The predicted octanol–water partition coefficient (Wildman–Crippen LogP) is 1.78. The van der Waals surface area contributed by atoms with Crippen LogP contribution in [0.5, 0.6) is 5.75 Å². The molecule has 3 amide bonds. The fraction of sp³-hybridized carbons (Fsp3) is 0.391. The number of imide groups is 1. The average molecular weight is 472 g/mol. The van der Waals surface area contributed by atoms with E-state index in [0.29, 0.717) is 42.6 Å². The zero-order valence-corrected chi connectivity index (χ0v) is 19.1. The minimum atomic E-state index is -0.874. The van der Waals surface area contributed by atoms with Crippen LogP contribution in [0.2, 0.25) is 0 Å². The maximum absolute atomic E-state index is 13.3. The van der Waals surface area contributed by atoms with E-state index in [1.54, 1.807) is 24.3 Å². The first-order valence-corrected chi connectivity index (χ1v) is 11.6. The van der Waals surface area contributed by atoms with Gasteiger partial charge in [0.1, 0.15) is 11.8 Å². The Labute approximate surface area is 195 Å². The molecule has 2 fully saturated rings. The molecule has 0 N–H and O–H groups in total. The number of morpholine rings is 1. The van der Waals surface area contributed by atoms with Crippen molar-refractivity contribution in [1.82, 2.24) is 9.80 Å². The molecule has 3 heterocycles. The molecule has 2 aliphatic rings. The molecule has 0 radical (unpaired) electrons. The zero-order chi connectivity index (χ0) is 23.4. The Hall–Kier alpha value is -3.08. The summed E-state index contributed by atoms with van der Waals surface area (Å²) in [6.07, 6.45) is -0.0786. The van der Waals surface area contributed by atoms with E-state index < -0.39 is 17.9 Å². The molecular formula is C23H25N3O6S. The smallest absolute Gasteiger partial charge is 0.308 e. The number of carbonyl (C=O) groups excluding carboxylic acids is 4. The van der Waals surface area contributed by atoms with Gasteiger partial charge in [-0.15, -0.1) is 11.3 Å². The molecular weight excluding hydrogens is 446 g/mol. The molecule has 1 atom stereocenters. The summed E-state index contributed by atoms with van der Waals surface area (Å²) in [4.78, 5) is 55.9. The Morgan fingerprint density at radius 2 is 1.88 bits per heavy atom. The van der Waals surface area contributed by atoms with E-state index in [1.807, 2.05) is 5.38 Å². The van der Waals surface area contributed by atoms with E-state index in [0.717, 1.165) is 18.0 Å². The van der Waals surface area contributed by atoms with Crippen molar-refractivity contribution in [3.8, 4) is 5.75 Å². The van der Waals surface area contributed by atoms with E-state index in [4.69, 9.17) is 9.47 Å². The molecule has 0 saturated carbocycles. The number of amides is 3. The quantitative estimate of drug-likeness (QED) is 0.345. The number of benzene rings is 1. The Kier molecular flexibility index (Phi) is 7.17. The lowest BCUT2D eigenvalue weighted by atomic mass is 10.2. The molecule has 10 heteroatoms. The van der Waals surface area contributed by atoms with Crippen molar-refractivity contribution in [2.45, 2.75) is 19.4 Å². The number of hydrogen-bond acceptors (Lipinski definition) is 8. The highest BCUT2D eigenvalue weighted by molar-refractivity contribution is 7.12. The van der Waals surface area contributed by atoms with Gasteiger partial charge in [0, 0.05) is 33.1 Å². The zero-order valence-electron chi connectivity index (χ0n) is 18.3. The third kappa shape index (κ3) is 5.29. The van der Waals surface area contributed by atoms with Gasteiger partial charge in [-0.1, -0.05) is 6.07 Å². The molecule has 33 heavy (non-hydrogen) atoms. The summed E-state index contributed by atoms with van der Waals surface area (Å²) in [7, 11) is 0. The van der Waals surface area contributed by atoms with Gasteiger partial charge < -0.3 is 14.4 Å². The van der Waals surface area contributed by atoms with Crippen LogP contribution in [0.3, 0.4) is 0 Å². The highest BCUT2D eigenvalue weighted by atomic mass is 32.1. The minimum absolute atomic E-state index is 0.0786. The van der Waals surface area contributed by atoms with Crippen LogP contribution in [-0.4, -0.2) is 78.9 Å². The van der Waals surface area contributed by atoms with E-state index in [-0.39, 0.29) is 18.2 Å². The second-order valence-electron chi connectivity index (χ2n) is 7.80. The summed E-state index contributed by atoms with van der Waals surface area (Å²) in [5.41, 5.74) is 0.375. The number of thiophene rings is 1. The number of anilines is 1. The number of rotatable bonds is 7. The van der Waals surface area contributed by atoms with Crippen LogP contribution >= 0.6 is 11.3 Å². The van der Waals surface area contributed by atoms with Gasteiger partial charge in [0.05, 0.1) is 30.2 Å². The molecule has 1 aromatic heterocycles. The summed E-state index contributed by atoms with van der Waals surface area (Å²) >= 11 is 1.31. The number of esters is 1. The second-order valence-corrected chi connectivity index (χ2v) is 8.75. The minimum Gasteiger partial charge on any atom is -0.427 e. The van der Waals surface area contributed by atoms with Crippen molar-refractivity contribution in [3.05, 3.63) is 46.7 Å².